The predicted octanol–water partition coefficient (Wildman–Crippen LogP) is 6.48. The summed E-state index contributed by atoms with van der Waals surface area (Å²) in [7, 11) is 0. The first-order chi connectivity index (χ1) is 21.7. The summed E-state index contributed by atoms with van der Waals surface area (Å²) in [6.45, 7) is 1.06. The van der Waals surface area contributed by atoms with Gasteiger partial charge in [-0.15, -0.1) is 0 Å². The van der Waals surface area contributed by atoms with E-state index in [1.165, 1.54) is 30.5 Å². The van der Waals surface area contributed by atoms with Crippen LogP contribution in [0.1, 0.15) is 71.5 Å². The molecule has 1 aliphatic carbocycles. The van der Waals surface area contributed by atoms with E-state index in [9.17, 15) is 28.3 Å². The molecule has 0 amide bonds. The Morgan fingerprint density at radius 1 is 0.978 bits per heavy atom. The highest BCUT2D eigenvalue weighted by molar-refractivity contribution is 6.11. The van der Waals surface area contributed by atoms with Crippen LogP contribution >= 0.6 is 0 Å². The Morgan fingerprint density at radius 3 is 2.42 bits per heavy atom. The number of pyridine rings is 1. The van der Waals surface area contributed by atoms with Gasteiger partial charge in [-0.1, -0.05) is 31.0 Å². The molecule has 1 fully saturated rings. The summed E-state index contributed by atoms with van der Waals surface area (Å²) in [6.07, 6.45) is 5.92. The molecule has 0 saturated heterocycles. The van der Waals surface area contributed by atoms with Gasteiger partial charge in [-0.25, -0.2) is 8.78 Å². The second-order valence-electron chi connectivity index (χ2n) is 11.1. The van der Waals surface area contributed by atoms with Gasteiger partial charge < -0.3 is 20.9 Å². The Kier molecular flexibility index (Phi) is 9.92. The average molecular weight is 616 g/mol. The van der Waals surface area contributed by atoms with E-state index in [4.69, 9.17) is 10.5 Å². The summed E-state index contributed by atoms with van der Waals surface area (Å²) in [5.74, 6) is -2.54. The number of carboxylic acid groups (broad SMARTS) is 1. The van der Waals surface area contributed by atoms with Gasteiger partial charge in [0.15, 0.2) is 5.78 Å². The highest BCUT2D eigenvalue weighted by atomic mass is 19.1. The molecule has 1 heterocycles. The van der Waals surface area contributed by atoms with Gasteiger partial charge in [-0.05, 0) is 85.2 Å². The molecule has 0 spiro atoms. The molecule has 4 aromatic rings. The molecule has 0 atom stereocenters. The molecule has 0 aliphatic heterocycles. The lowest BCUT2D eigenvalue weighted by molar-refractivity contribution is -0.136. The molecular weight excluding hydrogens is 580 g/mol. The number of carbonyl (C=O) groups excluding carboxylic acids is 1. The molecule has 234 valence electrons. The van der Waals surface area contributed by atoms with Crippen LogP contribution in [0.15, 0.2) is 77.6 Å². The van der Waals surface area contributed by atoms with Gasteiger partial charge in [0.05, 0.1) is 23.4 Å². The van der Waals surface area contributed by atoms with Crippen LogP contribution in [0.5, 0.6) is 5.75 Å². The van der Waals surface area contributed by atoms with E-state index in [2.05, 4.69) is 11.4 Å². The normalized spacial score (nSPS) is 13.1. The molecule has 45 heavy (non-hydrogen) atoms. The number of anilines is 2. The van der Waals surface area contributed by atoms with Crippen LogP contribution in [0.3, 0.4) is 0 Å². The lowest BCUT2D eigenvalue weighted by Gasteiger charge is -2.20. The first-order valence-electron chi connectivity index (χ1n) is 15.0. The summed E-state index contributed by atoms with van der Waals surface area (Å²) in [5.41, 5.74) is 8.98. The Morgan fingerprint density at radius 2 is 1.71 bits per heavy atom. The number of carboxylic acids is 1. The first-order valence-corrected chi connectivity index (χ1v) is 15.0. The number of para-hydroxylation sites is 1. The molecule has 0 radical (unpaired) electrons. The number of hydrogen-bond acceptors (Lipinski definition) is 6. The van der Waals surface area contributed by atoms with E-state index in [1.54, 1.807) is 24.3 Å². The van der Waals surface area contributed by atoms with Gasteiger partial charge in [-0.3, -0.25) is 19.0 Å². The molecule has 1 aliphatic rings. The molecule has 0 bridgehead atoms. The maximum atomic E-state index is 14.3. The summed E-state index contributed by atoms with van der Waals surface area (Å²) in [4.78, 5) is 36.9. The molecule has 8 nitrogen and oxygen atoms in total. The molecule has 1 aromatic heterocycles. The van der Waals surface area contributed by atoms with Crippen molar-refractivity contribution >= 4 is 23.3 Å². The number of hydrogen-bond donors (Lipinski definition) is 3. The lowest BCUT2D eigenvalue weighted by Crippen LogP contribution is -2.23. The van der Waals surface area contributed by atoms with Gasteiger partial charge in [0.1, 0.15) is 23.2 Å². The van der Waals surface area contributed by atoms with Crippen LogP contribution in [0.25, 0.3) is 5.69 Å². The third kappa shape index (κ3) is 7.39. The van der Waals surface area contributed by atoms with Gasteiger partial charge in [0.2, 0.25) is 0 Å². The summed E-state index contributed by atoms with van der Waals surface area (Å²) < 4.78 is 34.6. The Bertz CT molecular complexity index is 1750. The van der Waals surface area contributed by atoms with Crippen LogP contribution in [-0.4, -0.2) is 34.6 Å². The number of nitrogens with one attached hydrogen (secondary N) is 1. The quantitative estimate of drug-likeness (QED) is 0.116. The van der Waals surface area contributed by atoms with Gasteiger partial charge in [-0.2, -0.15) is 0 Å². The van der Waals surface area contributed by atoms with Gasteiger partial charge >= 0.3 is 5.97 Å². The standard InChI is InChI=1S/C35H35F2N3O5/c36-24-10-15-28(30(37)21-24)34(44)29-16-17-31(41)40(35(29)38)25-11-13-26(14-12-25)45-20-4-19-39-33-23(9-18-32(42)43)7-3-8-27(33)22-5-1-2-6-22/h3,7-8,10-17,21-22,39H,1-2,4-6,9,18-20,38H2,(H,42,43). The fourth-order valence-electron chi connectivity index (χ4n) is 5.86. The number of carbonyl (C=O) groups is 2. The van der Waals surface area contributed by atoms with Crippen molar-refractivity contribution in [3.63, 3.8) is 0 Å². The van der Waals surface area contributed by atoms with E-state index in [0.29, 0.717) is 49.4 Å². The van der Waals surface area contributed by atoms with Gasteiger partial charge in [0, 0.05) is 30.8 Å². The molecule has 5 rings (SSSR count). The molecule has 4 N–H and O–H groups in total. The number of nitrogens with two attached hydrogens (primary N) is 1. The fraction of sp³-hybridized carbons (Fsp3) is 0.286. The summed E-state index contributed by atoms with van der Waals surface area (Å²) >= 11 is 0. The number of aromatic nitrogens is 1. The zero-order valence-corrected chi connectivity index (χ0v) is 24.7. The number of rotatable bonds is 13. The van der Waals surface area contributed by atoms with Crippen LogP contribution in [0, 0.1) is 11.6 Å². The van der Waals surface area contributed by atoms with Crippen molar-refractivity contribution in [3.8, 4) is 11.4 Å². The maximum Gasteiger partial charge on any atom is 0.303 e. The van der Waals surface area contributed by atoms with Gasteiger partial charge in [0.25, 0.3) is 5.56 Å². The smallest absolute Gasteiger partial charge is 0.303 e. The van der Waals surface area contributed by atoms with Crippen LogP contribution < -0.4 is 21.3 Å². The number of aryl methyl sites for hydroxylation is 1. The average Bonchev–Trinajstić information content (AvgIpc) is 3.56. The highest BCUT2D eigenvalue weighted by Gasteiger charge is 2.22. The zero-order valence-electron chi connectivity index (χ0n) is 24.7. The molecule has 1 saturated carbocycles. The number of halogens is 2. The number of ketones is 1. The van der Waals surface area contributed by atoms with E-state index < -0.39 is 28.9 Å². The Hall–Kier alpha value is -4.99. The van der Waals surface area contributed by atoms with E-state index in [-0.39, 0.29) is 23.4 Å². The van der Waals surface area contributed by atoms with E-state index in [0.717, 1.165) is 40.8 Å². The second-order valence-corrected chi connectivity index (χ2v) is 11.1. The zero-order chi connectivity index (χ0) is 31.9. The third-order valence-corrected chi connectivity index (χ3v) is 8.12. The SMILES string of the molecule is Nc1c(C(=O)c2ccc(F)cc2F)ccc(=O)n1-c1ccc(OCCCNc2c(CCC(=O)O)cccc2C2CCCC2)cc1. The fourth-order valence-corrected chi connectivity index (χ4v) is 5.86. The molecule has 3 aromatic carbocycles. The van der Waals surface area contributed by atoms with Crippen molar-refractivity contribution in [1.29, 1.82) is 0 Å². The molecule has 0 unspecified atom stereocenters. The van der Waals surface area contributed by atoms with E-state index in [1.807, 2.05) is 12.1 Å². The van der Waals surface area contributed by atoms with Crippen LogP contribution in [-0.2, 0) is 11.2 Å². The molecule has 10 heteroatoms. The molecular formula is C35H35F2N3O5. The van der Waals surface area contributed by atoms with Crippen molar-refractivity contribution in [2.75, 3.05) is 24.2 Å². The van der Waals surface area contributed by atoms with Crippen molar-refractivity contribution in [1.82, 2.24) is 4.57 Å². The number of nitrogens with zero attached hydrogens (tertiary/aromatic N) is 1. The van der Waals surface area contributed by atoms with Crippen molar-refractivity contribution < 1.29 is 28.2 Å². The van der Waals surface area contributed by atoms with Crippen LogP contribution in [0.4, 0.5) is 20.3 Å². The summed E-state index contributed by atoms with van der Waals surface area (Å²) in [5, 5.41) is 12.8. The van der Waals surface area contributed by atoms with Crippen molar-refractivity contribution in [3.05, 3.63) is 117 Å². The number of aliphatic carboxylic acids is 1. The summed E-state index contributed by atoms with van der Waals surface area (Å²) in [6, 6.07) is 17.8. The lowest BCUT2D eigenvalue weighted by atomic mass is 9.92. The predicted molar refractivity (Wildman–Crippen MR) is 168 cm³/mol. The Labute approximate surface area is 259 Å². The number of nitrogen functional groups attached to an aromatic ring is 1. The third-order valence-electron chi connectivity index (χ3n) is 8.12. The largest absolute Gasteiger partial charge is 0.494 e. The minimum atomic E-state index is -1.02. The van der Waals surface area contributed by atoms with Crippen LogP contribution in [0.2, 0.25) is 0 Å². The first kappa shape index (κ1) is 31.4. The highest BCUT2D eigenvalue weighted by Crippen LogP contribution is 2.39. The minimum Gasteiger partial charge on any atom is -0.494 e. The van der Waals surface area contributed by atoms with E-state index >= 15 is 0 Å². The number of benzene rings is 3. The topological polar surface area (TPSA) is 124 Å². The minimum absolute atomic E-state index is 0.0765. The second kappa shape index (κ2) is 14.2. The van der Waals surface area contributed by atoms with Crippen molar-refractivity contribution in [2.24, 2.45) is 0 Å². The monoisotopic (exact) mass is 615 g/mol. The maximum absolute atomic E-state index is 14.3. The Balaban J connectivity index is 1.22. The number of ether oxygens (including phenoxy) is 1. The van der Waals surface area contributed by atoms with Crippen molar-refractivity contribution in [2.45, 2.75) is 50.9 Å².